The number of halogens is 2. The van der Waals surface area contributed by atoms with E-state index in [0.29, 0.717) is 33.5 Å². The molecule has 0 unspecified atom stereocenters. The fourth-order valence-corrected chi connectivity index (χ4v) is 4.16. The second kappa shape index (κ2) is 9.35. The summed E-state index contributed by atoms with van der Waals surface area (Å²) in [5.41, 5.74) is 2.41. The maximum atomic E-state index is 11.6. The van der Waals surface area contributed by atoms with Crippen molar-refractivity contribution in [2.24, 2.45) is 0 Å². The zero-order valence-electron chi connectivity index (χ0n) is 17.4. The Morgan fingerprint density at radius 3 is 2.70 bits per heavy atom. The highest BCUT2D eigenvalue weighted by Gasteiger charge is 2.14. The zero-order valence-corrected chi connectivity index (χ0v) is 19.7. The molecule has 0 saturated heterocycles. The molecule has 4 aromatic rings. The molecule has 0 spiro atoms. The minimum Gasteiger partial charge on any atom is -0.489 e. The zero-order chi connectivity index (χ0) is 23.6. The van der Waals surface area contributed by atoms with Gasteiger partial charge >= 0.3 is 0 Å². The summed E-state index contributed by atoms with van der Waals surface area (Å²) in [5, 5.41) is 10.8. The van der Waals surface area contributed by atoms with Crippen molar-refractivity contribution in [3.63, 3.8) is 0 Å². The van der Waals surface area contributed by atoms with Crippen LogP contribution in [0.3, 0.4) is 0 Å². The van der Waals surface area contributed by atoms with Crippen LogP contribution in [0.25, 0.3) is 16.6 Å². The Hall–Kier alpha value is -3.19. The molecule has 0 fully saturated rings. The lowest BCUT2D eigenvalue weighted by Gasteiger charge is -2.12. The highest BCUT2D eigenvalue weighted by atomic mass is 35.5. The topological polar surface area (TPSA) is 99.1 Å². The monoisotopic (exact) mass is 504 g/mol. The van der Waals surface area contributed by atoms with Crippen molar-refractivity contribution >= 4 is 44.1 Å². The molecule has 2 aromatic heterocycles. The summed E-state index contributed by atoms with van der Waals surface area (Å²) in [4.78, 5) is 4.05. The molecule has 8 nitrogen and oxygen atoms in total. The molecular weight excluding hydrogens is 487 g/mol. The van der Waals surface area contributed by atoms with E-state index in [1.807, 2.05) is 29.0 Å². The Morgan fingerprint density at radius 2 is 2.00 bits per heavy atom. The molecule has 33 heavy (non-hydrogen) atoms. The molecular formula is C22H18Cl2N4O4S. The van der Waals surface area contributed by atoms with E-state index >= 15 is 0 Å². The lowest BCUT2D eigenvalue weighted by Crippen LogP contribution is -2.07. The van der Waals surface area contributed by atoms with Crippen molar-refractivity contribution in [1.82, 2.24) is 13.5 Å². The molecule has 0 atom stereocenters. The standard InChI is InChI=1S/C22H18Cl2N4O4S/c1-33(29,30)27-12-17(26-14-27)13-32-19-2-3-21-15(9-19)4-6-28(21)18-8-16(11-25)22(20(24)10-18)31-7-5-23/h2-4,6,8-10,12,14H,5,7,13H2,1H3. The van der Waals surface area contributed by atoms with Gasteiger partial charge in [0.15, 0.2) is 5.75 Å². The van der Waals surface area contributed by atoms with Crippen molar-refractivity contribution in [1.29, 1.82) is 5.26 Å². The van der Waals surface area contributed by atoms with Crippen LogP contribution in [-0.4, -0.2) is 40.7 Å². The van der Waals surface area contributed by atoms with Crippen LogP contribution in [0.15, 0.2) is 55.1 Å². The Bertz CT molecular complexity index is 1470. The minimum absolute atomic E-state index is 0.125. The van der Waals surface area contributed by atoms with Crippen LogP contribution in [-0.2, 0) is 16.6 Å². The maximum Gasteiger partial charge on any atom is 0.236 e. The first kappa shape index (κ1) is 23.0. The lowest BCUT2D eigenvalue weighted by molar-refractivity contribution is 0.302. The van der Waals surface area contributed by atoms with Crippen LogP contribution in [0.2, 0.25) is 5.02 Å². The number of hydrogen-bond donors (Lipinski definition) is 0. The molecule has 170 valence electrons. The van der Waals surface area contributed by atoms with Gasteiger partial charge in [-0.15, -0.1) is 11.6 Å². The van der Waals surface area contributed by atoms with Gasteiger partial charge in [0.1, 0.15) is 31.4 Å². The van der Waals surface area contributed by atoms with E-state index in [9.17, 15) is 13.7 Å². The van der Waals surface area contributed by atoms with Gasteiger partial charge in [-0.05, 0) is 36.4 Å². The van der Waals surface area contributed by atoms with E-state index in [-0.39, 0.29) is 19.1 Å². The van der Waals surface area contributed by atoms with E-state index in [1.165, 1.54) is 12.5 Å². The number of hydrogen-bond acceptors (Lipinski definition) is 6. The number of aromatic nitrogens is 3. The quantitative estimate of drug-likeness (QED) is 0.330. The van der Waals surface area contributed by atoms with Gasteiger partial charge in [-0.1, -0.05) is 11.6 Å². The number of ether oxygens (including phenoxy) is 2. The van der Waals surface area contributed by atoms with Crippen LogP contribution in [0.5, 0.6) is 11.5 Å². The first-order chi connectivity index (χ1) is 15.8. The first-order valence-electron chi connectivity index (χ1n) is 9.70. The van der Waals surface area contributed by atoms with Gasteiger partial charge in [-0.25, -0.2) is 17.4 Å². The van der Waals surface area contributed by atoms with Crippen molar-refractivity contribution in [2.75, 3.05) is 18.7 Å². The highest BCUT2D eigenvalue weighted by molar-refractivity contribution is 7.89. The highest BCUT2D eigenvalue weighted by Crippen LogP contribution is 2.33. The van der Waals surface area contributed by atoms with Gasteiger partial charge in [0.2, 0.25) is 10.0 Å². The SMILES string of the molecule is CS(=O)(=O)n1cnc(COc2ccc3c(ccn3-c3cc(Cl)c(OCCCl)c(C#N)c3)c2)c1. The molecule has 11 heteroatoms. The summed E-state index contributed by atoms with van der Waals surface area (Å²) in [5.74, 6) is 1.21. The molecule has 2 aromatic carbocycles. The minimum atomic E-state index is -3.38. The van der Waals surface area contributed by atoms with Gasteiger partial charge in [-0.3, -0.25) is 0 Å². The Labute approximate surface area is 200 Å². The first-order valence-corrected chi connectivity index (χ1v) is 12.5. The van der Waals surface area contributed by atoms with E-state index in [0.717, 1.165) is 21.1 Å². The summed E-state index contributed by atoms with van der Waals surface area (Å²) in [6.07, 6.45) is 5.63. The van der Waals surface area contributed by atoms with Crippen molar-refractivity contribution in [3.8, 4) is 23.3 Å². The van der Waals surface area contributed by atoms with Gasteiger partial charge in [0, 0.05) is 23.5 Å². The average Bonchev–Trinajstić information content (AvgIpc) is 3.43. The smallest absolute Gasteiger partial charge is 0.236 e. The number of imidazole rings is 1. The average molecular weight is 505 g/mol. The van der Waals surface area contributed by atoms with Gasteiger partial charge < -0.3 is 14.0 Å². The van der Waals surface area contributed by atoms with E-state index in [4.69, 9.17) is 32.7 Å². The Kier molecular flexibility index (Phi) is 6.51. The predicted molar refractivity (Wildman–Crippen MR) is 126 cm³/mol. The van der Waals surface area contributed by atoms with Crippen LogP contribution >= 0.6 is 23.2 Å². The Morgan fingerprint density at radius 1 is 1.18 bits per heavy atom. The number of rotatable bonds is 8. The number of nitrogens with zero attached hydrogens (tertiary/aromatic N) is 4. The summed E-state index contributed by atoms with van der Waals surface area (Å²) < 4.78 is 37.4. The maximum absolute atomic E-state index is 11.6. The molecule has 2 heterocycles. The molecule has 0 saturated carbocycles. The van der Waals surface area contributed by atoms with Gasteiger partial charge in [0.25, 0.3) is 0 Å². The van der Waals surface area contributed by atoms with Crippen molar-refractivity contribution < 1.29 is 17.9 Å². The fraction of sp³-hybridized carbons (Fsp3) is 0.182. The number of benzene rings is 2. The van der Waals surface area contributed by atoms with Gasteiger partial charge in [0.05, 0.1) is 33.9 Å². The second-order valence-electron chi connectivity index (χ2n) is 7.11. The number of alkyl halides is 1. The van der Waals surface area contributed by atoms with Crippen molar-refractivity contribution in [3.05, 3.63) is 71.4 Å². The molecule has 0 bridgehead atoms. The largest absolute Gasteiger partial charge is 0.489 e. The summed E-state index contributed by atoms with van der Waals surface area (Å²) >= 11 is 12.0. The van der Waals surface area contributed by atoms with E-state index < -0.39 is 10.0 Å². The number of fused-ring (bicyclic) bond motifs is 1. The van der Waals surface area contributed by atoms with E-state index in [1.54, 1.807) is 18.2 Å². The second-order valence-corrected chi connectivity index (χ2v) is 9.78. The molecule has 0 aliphatic carbocycles. The summed E-state index contributed by atoms with van der Waals surface area (Å²) in [6, 6.07) is 13.0. The molecule has 0 aliphatic rings. The third-order valence-electron chi connectivity index (χ3n) is 4.80. The van der Waals surface area contributed by atoms with Crippen LogP contribution in [0, 0.1) is 11.3 Å². The molecule has 0 radical (unpaired) electrons. The van der Waals surface area contributed by atoms with Crippen molar-refractivity contribution in [2.45, 2.75) is 6.61 Å². The van der Waals surface area contributed by atoms with Gasteiger partial charge in [-0.2, -0.15) is 5.26 Å². The van der Waals surface area contributed by atoms with Crippen LogP contribution in [0.1, 0.15) is 11.3 Å². The third kappa shape index (κ3) is 4.93. The third-order valence-corrected chi connectivity index (χ3v) is 6.20. The van der Waals surface area contributed by atoms with E-state index in [2.05, 4.69) is 11.1 Å². The van der Waals surface area contributed by atoms with Crippen LogP contribution < -0.4 is 9.47 Å². The molecule has 0 amide bonds. The molecule has 0 aliphatic heterocycles. The predicted octanol–water partition coefficient (Wildman–Crippen LogP) is 4.36. The molecule has 4 rings (SSSR count). The fourth-order valence-electron chi connectivity index (χ4n) is 3.28. The summed E-state index contributed by atoms with van der Waals surface area (Å²) in [7, 11) is -3.38. The summed E-state index contributed by atoms with van der Waals surface area (Å²) in [6.45, 7) is 0.374. The lowest BCUT2D eigenvalue weighted by atomic mass is 10.2. The molecule has 0 N–H and O–H groups in total. The van der Waals surface area contributed by atoms with Crippen LogP contribution in [0.4, 0.5) is 0 Å². The normalized spacial score (nSPS) is 11.5. The number of nitriles is 1. The Balaban J connectivity index is 1.58.